The molecule has 0 N–H and O–H groups in total. The fraction of sp³-hybridized carbons (Fsp3) is 0.300. The highest BCUT2D eigenvalue weighted by Crippen LogP contribution is 2.09. The molecule has 78 valence electrons. The highest BCUT2D eigenvalue weighted by Gasteiger charge is 2.10. The lowest BCUT2D eigenvalue weighted by atomic mass is 10.3. The summed E-state index contributed by atoms with van der Waals surface area (Å²) < 4.78 is 1.55. The van der Waals surface area contributed by atoms with Crippen LogP contribution in [0.2, 0.25) is 0 Å². The van der Waals surface area contributed by atoms with Gasteiger partial charge in [0.15, 0.2) is 0 Å². The maximum atomic E-state index is 11.8. The van der Waals surface area contributed by atoms with Crippen molar-refractivity contribution in [3.8, 4) is 0 Å². The summed E-state index contributed by atoms with van der Waals surface area (Å²) in [4.78, 5) is 20.1. The molecule has 0 bridgehead atoms. The molecule has 5 heteroatoms. The first-order valence-electron chi connectivity index (χ1n) is 4.61. The minimum absolute atomic E-state index is 0.00954. The van der Waals surface area contributed by atoms with Crippen LogP contribution in [-0.2, 0) is 6.42 Å². The molecule has 2 aromatic heterocycles. The summed E-state index contributed by atoms with van der Waals surface area (Å²) in [7, 11) is 0. The fourth-order valence-corrected chi connectivity index (χ4v) is 1.98. The van der Waals surface area contributed by atoms with Gasteiger partial charge in [-0.3, -0.25) is 9.36 Å². The molecule has 0 amide bonds. The fourth-order valence-electron chi connectivity index (χ4n) is 1.37. The van der Waals surface area contributed by atoms with E-state index in [4.69, 9.17) is 0 Å². The summed E-state index contributed by atoms with van der Waals surface area (Å²) in [5, 5.41) is 2.90. The molecule has 2 rings (SSSR count). The van der Waals surface area contributed by atoms with Gasteiger partial charge in [0.1, 0.15) is 5.82 Å². The lowest BCUT2D eigenvalue weighted by Crippen LogP contribution is -2.14. The van der Waals surface area contributed by atoms with E-state index in [1.165, 1.54) is 0 Å². The molecule has 0 aliphatic heterocycles. The van der Waals surface area contributed by atoms with Crippen LogP contribution in [0.25, 0.3) is 0 Å². The molecule has 0 spiro atoms. The minimum atomic E-state index is 0.00954. The number of rotatable bonds is 2. The van der Waals surface area contributed by atoms with Gasteiger partial charge < -0.3 is 0 Å². The first-order chi connectivity index (χ1) is 7.16. The molecule has 0 aliphatic carbocycles. The third-order valence-corrected chi connectivity index (χ3v) is 2.92. The number of aryl methyl sites for hydroxylation is 2. The number of nitrogens with zero attached hydrogens (tertiary/aromatic N) is 3. The Bertz CT molecular complexity index is 486. The molecular formula is C10H11N3OS. The number of thiazole rings is 1. The van der Waals surface area contributed by atoms with Crippen molar-refractivity contribution in [1.29, 1.82) is 0 Å². The van der Waals surface area contributed by atoms with Crippen LogP contribution in [0.3, 0.4) is 0 Å². The molecule has 0 radical (unpaired) electrons. The molecule has 0 saturated heterocycles. The second-order valence-corrected chi connectivity index (χ2v) is 4.34. The number of imidazole rings is 1. The lowest BCUT2D eigenvalue weighted by molar-refractivity contribution is 0.0910. The lowest BCUT2D eigenvalue weighted by Gasteiger charge is -2.00. The SMILES string of the molecule is Cc1nc(CC(=O)n2ccnc2C)cs1. The number of aromatic nitrogens is 3. The van der Waals surface area contributed by atoms with Gasteiger partial charge in [0, 0.05) is 17.8 Å². The van der Waals surface area contributed by atoms with Crippen molar-refractivity contribution in [3.05, 3.63) is 34.3 Å². The van der Waals surface area contributed by atoms with Crippen LogP contribution in [0.4, 0.5) is 0 Å². The van der Waals surface area contributed by atoms with E-state index in [1.54, 1.807) is 28.3 Å². The van der Waals surface area contributed by atoms with E-state index in [0.29, 0.717) is 12.2 Å². The molecule has 2 aromatic rings. The molecule has 2 heterocycles. The molecule has 0 fully saturated rings. The number of carbonyl (C=O) groups is 1. The Hall–Kier alpha value is -1.49. The Kier molecular flexibility index (Phi) is 2.64. The summed E-state index contributed by atoms with van der Waals surface area (Å²) >= 11 is 1.56. The number of hydrogen-bond acceptors (Lipinski definition) is 4. The van der Waals surface area contributed by atoms with Gasteiger partial charge in [-0.25, -0.2) is 9.97 Å². The predicted molar refractivity (Wildman–Crippen MR) is 58.1 cm³/mol. The van der Waals surface area contributed by atoms with Crippen LogP contribution in [0.1, 0.15) is 21.3 Å². The van der Waals surface area contributed by atoms with E-state index in [0.717, 1.165) is 10.7 Å². The van der Waals surface area contributed by atoms with Crippen LogP contribution >= 0.6 is 11.3 Å². The third-order valence-electron chi connectivity index (χ3n) is 2.09. The molecule has 15 heavy (non-hydrogen) atoms. The second-order valence-electron chi connectivity index (χ2n) is 3.27. The first-order valence-corrected chi connectivity index (χ1v) is 5.49. The topological polar surface area (TPSA) is 47.8 Å². The quantitative estimate of drug-likeness (QED) is 0.777. The Balaban J connectivity index is 2.14. The maximum Gasteiger partial charge on any atom is 0.238 e. The van der Waals surface area contributed by atoms with Gasteiger partial charge in [-0.2, -0.15) is 0 Å². The van der Waals surface area contributed by atoms with E-state index in [-0.39, 0.29) is 5.91 Å². The Morgan fingerprint density at radius 3 is 2.87 bits per heavy atom. The summed E-state index contributed by atoms with van der Waals surface area (Å²) in [6.07, 6.45) is 3.64. The molecule has 0 aliphatic rings. The van der Waals surface area contributed by atoms with Crippen LogP contribution < -0.4 is 0 Å². The molecule has 0 saturated carbocycles. The maximum absolute atomic E-state index is 11.8. The number of carbonyl (C=O) groups excluding carboxylic acids is 1. The Morgan fingerprint density at radius 1 is 1.53 bits per heavy atom. The average Bonchev–Trinajstić information content (AvgIpc) is 2.75. The molecule has 4 nitrogen and oxygen atoms in total. The zero-order chi connectivity index (χ0) is 10.8. The Labute approximate surface area is 91.6 Å². The second kappa shape index (κ2) is 3.94. The van der Waals surface area contributed by atoms with Crippen molar-refractivity contribution in [1.82, 2.24) is 14.5 Å². The molecule has 0 unspecified atom stereocenters. The van der Waals surface area contributed by atoms with Crippen LogP contribution in [-0.4, -0.2) is 20.4 Å². The summed E-state index contributed by atoms with van der Waals surface area (Å²) in [6, 6.07) is 0. The standard InChI is InChI=1S/C10H11N3OS/c1-7-11-3-4-13(7)10(14)5-9-6-15-8(2)12-9/h3-4,6H,5H2,1-2H3. The van der Waals surface area contributed by atoms with Gasteiger partial charge in [0.2, 0.25) is 5.91 Å². The van der Waals surface area contributed by atoms with Crippen molar-refractivity contribution >= 4 is 17.2 Å². The minimum Gasteiger partial charge on any atom is -0.274 e. The van der Waals surface area contributed by atoms with Crippen LogP contribution in [0, 0.1) is 13.8 Å². The van der Waals surface area contributed by atoms with Gasteiger partial charge in [0.25, 0.3) is 0 Å². The van der Waals surface area contributed by atoms with Gasteiger partial charge in [-0.15, -0.1) is 11.3 Å². The van der Waals surface area contributed by atoms with Crippen molar-refractivity contribution in [2.24, 2.45) is 0 Å². The van der Waals surface area contributed by atoms with Gasteiger partial charge >= 0.3 is 0 Å². The van der Waals surface area contributed by atoms with E-state index < -0.39 is 0 Å². The zero-order valence-corrected chi connectivity index (χ0v) is 9.41. The normalized spacial score (nSPS) is 10.5. The van der Waals surface area contributed by atoms with Crippen molar-refractivity contribution < 1.29 is 4.79 Å². The monoisotopic (exact) mass is 221 g/mol. The summed E-state index contributed by atoms with van der Waals surface area (Å²) in [5.74, 6) is 0.724. The van der Waals surface area contributed by atoms with Gasteiger partial charge in [-0.05, 0) is 13.8 Å². The largest absolute Gasteiger partial charge is 0.274 e. The third kappa shape index (κ3) is 2.12. The van der Waals surface area contributed by atoms with E-state index >= 15 is 0 Å². The van der Waals surface area contributed by atoms with Crippen LogP contribution in [0.15, 0.2) is 17.8 Å². The highest BCUT2D eigenvalue weighted by atomic mass is 32.1. The highest BCUT2D eigenvalue weighted by molar-refractivity contribution is 7.09. The predicted octanol–water partition coefficient (Wildman–Crippen LogP) is 1.84. The first kappa shape index (κ1) is 10.0. The smallest absolute Gasteiger partial charge is 0.238 e. The van der Waals surface area contributed by atoms with Gasteiger partial charge in [0.05, 0.1) is 17.1 Å². The van der Waals surface area contributed by atoms with Crippen LogP contribution in [0.5, 0.6) is 0 Å². The average molecular weight is 221 g/mol. The molecular weight excluding hydrogens is 210 g/mol. The molecule has 0 aromatic carbocycles. The number of hydrogen-bond donors (Lipinski definition) is 0. The Morgan fingerprint density at radius 2 is 2.33 bits per heavy atom. The molecule has 0 atom stereocenters. The van der Waals surface area contributed by atoms with Gasteiger partial charge in [-0.1, -0.05) is 0 Å². The summed E-state index contributed by atoms with van der Waals surface area (Å²) in [6.45, 7) is 3.74. The van der Waals surface area contributed by atoms with E-state index in [1.807, 2.05) is 19.2 Å². The summed E-state index contributed by atoms with van der Waals surface area (Å²) in [5.41, 5.74) is 0.829. The van der Waals surface area contributed by atoms with Crippen molar-refractivity contribution in [2.45, 2.75) is 20.3 Å². The zero-order valence-electron chi connectivity index (χ0n) is 8.60. The van der Waals surface area contributed by atoms with Crippen molar-refractivity contribution in [2.75, 3.05) is 0 Å². The van der Waals surface area contributed by atoms with E-state index in [2.05, 4.69) is 9.97 Å². The van der Waals surface area contributed by atoms with Crippen molar-refractivity contribution in [3.63, 3.8) is 0 Å². The van der Waals surface area contributed by atoms with E-state index in [9.17, 15) is 4.79 Å².